The summed E-state index contributed by atoms with van der Waals surface area (Å²) in [5.41, 5.74) is 2.99. The Labute approximate surface area is 128 Å². The molecule has 3 aromatic heterocycles. The number of aromatic nitrogens is 5. The van der Waals surface area contributed by atoms with Crippen molar-refractivity contribution >= 4 is 11.5 Å². The van der Waals surface area contributed by atoms with Gasteiger partial charge in [-0.3, -0.25) is 10.1 Å². The molecule has 22 heavy (non-hydrogen) atoms. The second-order valence-corrected chi connectivity index (χ2v) is 5.68. The lowest BCUT2D eigenvalue weighted by Gasteiger charge is -2.05. The summed E-state index contributed by atoms with van der Waals surface area (Å²) in [5.74, 6) is 2.25. The molecule has 112 valence electrons. The lowest BCUT2D eigenvalue weighted by Crippen LogP contribution is -1.93. The van der Waals surface area contributed by atoms with E-state index in [-0.39, 0.29) is 0 Å². The van der Waals surface area contributed by atoms with Crippen LogP contribution in [0.3, 0.4) is 0 Å². The summed E-state index contributed by atoms with van der Waals surface area (Å²) in [6, 6.07) is 6.00. The van der Waals surface area contributed by atoms with Crippen molar-refractivity contribution in [3.8, 4) is 11.5 Å². The topological polar surface area (TPSA) is 82.3 Å². The van der Waals surface area contributed by atoms with Gasteiger partial charge in [-0.15, -0.1) is 0 Å². The summed E-state index contributed by atoms with van der Waals surface area (Å²) in [5, 5.41) is 10.9. The van der Waals surface area contributed by atoms with E-state index in [1.165, 1.54) is 31.4 Å². The van der Waals surface area contributed by atoms with E-state index < -0.39 is 0 Å². The van der Waals surface area contributed by atoms with Gasteiger partial charge in [0.05, 0.1) is 0 Å². The van der Waals surface area contributed by atoms with Crippen LogP contribution in [0.4, 0.5) is 11.5 Å². The maximum Gasteiger partial charge on any atom is 0.156 e. The molecule has 4 rings (SSSR count). The van der Waals surface area contributed by atoms with Gasteiger partial charge in [-0.2, -0.15) is 5.10 Å². The Morgan fingerprint density at radius 2 is 2.00 bits per heavy atom. The first-order valence-electron chi connectivity index (χ1n) is 7.66. The predicted molar refractivity (Wildman–Crippen MR) is 84.9 cm³/mol. The first-order chi connectivity index (χ1) is 10.9. The second kappa shape index (κ2) is 5.63. The van der Waals surface area contributed by atoms with Gasteiger partial charge in [-0.1, -0.05) is 12.8 Å². The number of hydrogen-bond donors (Lipinski definition) is 3. The molecule has 1 aliphatic rings. The number of rotatable bonds is 4. The van der Waals surface area contributed by atoms with Crippen molar-refractivity contribution in [1.82, 2.24) is 25.1 Å². The van der Waals surface area contributed by atoms with Gasteiger partial charge in [0.25, 0.3) is 0 Å². The normalized spacial score (nSPS) is 15.3. The SMILES string of the molecule is c1cc(Nc2cc(C3CCCC3)[nH]n2)cc(-c2ncc[nH]2)n1. The summed E-state index contributed by atoms with van der Waals surface area (Å²) in [6.45, 7) is 0. The van der Waals surface area contributed by atoms with Gasteiger partial charge in [-0.05, 0) is 25.0 Å². The lowest BCUT2D eigenvalue weighted by molar-refractivity contribution is 0.693. The van der Waals surface area contributed by atoms with Gasteiger partial charge in [-0.25, -0.2) is 4.98 Å². The summed E-state index contributed by atoms with van der Waals surface area (Å²) < 4.78 is 0. The van der Waals surface area contributed by atoms with Crippen LogP contribution in [0.2, 0.25) is 0 Å². The van der Waals surface area contributed by atoms with Gasteiger partial charge < -0.3 is 10.3 Å². The number of nitrogens with zero attached hydrogens (tertiary/aromatic N) is 3. The molecule has 0 saturated heterocycles. The van der Waals surface area contributed by atoms with Crippen LogP contribution >= 0.6 is 0 Å². The van der Waals surface area contributed by atoms with Gasteiger partial charge in [0.2, 0.25) is 0 Å². The van der Waals surface area contributed by atoms with Crippen molar-refractivity contribution in [2.75, 3.05) is 5.32 Å². The van der Waals surface area contributed by atoms with Crippen molar-refractivity contribution in [2.45, 2.75) is 31.6 Å². The standard InChI is InChI=1S/C16H18N6/c1-2-4-11(3-1)13-10-15(22-21-13)20-12-5-6-17-14(9-12)16-18-7-8-19-16/h5-11H,1-4H2,(H,18,19)(H2,17,20,21,22). The molecule has 3 heterocycles. The molecule has 1 fully saturated rings. The van der Waals surface area contributed by atoms with Gasteiger partial charge in [0, 0.05) is 42.0 Å². The van der Waals surface area contributed by atoms with Crippen molar-refractivity contribution < 1.29 is 0 Å². The quantitative estimate of drug-likeness (QED) is 0.686. The number of pyridine rings is 1. The van der Waals surface area contributed by atoms with E-state index in [1.54, 1.807) is 18.6 Å². The summed E-state index contributed by atoms with van der Waals surface area (Å²) in [6.07, 6.45) is 10.5. The lowest BCUT2D eigenvalue weighted by atomic mass is 10.0. The van der Waals surface area contributed by atoms with Crippen LogP contribution in [-0.4, -0.2) is 25.1 Å². The number of nitrogens with one attached hydrogen (secondary N) is 3. The molecule has 1 saturated carbocycles. The van der Waals surface area contributed by atoms with Crippen LogP contribution < -0.4 is 5.32 Å². The van der Waals surface area contributed by atoms with E-state index in [4.69, 9.17) is 0 Å². The van der Waals surface area contributed by atoms with E-state index in [2.05, 4.69) is 36.5 Å². The highest BCUT2D eigenvalue weighted by atomic mass is 15.2. The average Bonchev–Trinajstić information content (AvgIpc) is 3.29. The minimum Gasteiger partial charge on any atom is -0.343 e. The predicted octanol–water partition coefficient (Wildman–Crippen LogP) is 3.60. The molecule has 0 radical (unpaired) electrons. The number of aromatic amines is 2. The maximum absolute atomic E-state index is 4.37. The van der Waals surface area contributed by atoms with E-state index in [0.717, 1.165) is 23.0 Å². The largest absolute Gasteiger partial charge is 0.343 e. The van der Waals surface area contributed by atoms with Crippen molar-refractivity contribution in [1.29, 1.82) is 0 Å². The molecule has 0 spiro atoms. The van der Waals surface area contributed by atoms with E-state index in [1.807, 2.05) is 12.1 Å². The molecular weight excluding hydrogens is 276 g/mol. The molecule has 6 nitrogen and oxygen atoms in total. The minimum atomic E-state index is 0.638. The molecule has 1 aliphatic carbocycles. The van der Waals surface area contributed by atoms with Crippen LogP contribution in [0.25, 0.3) is 11.5 Å². The van der Waals surface area contributed by atoms with Crippen molar-refractivity contribution in [3.05, 3.63) is 42.5 Å². The number of hydrogen-bond acceptors (Lipinski definition) is 4. The molecule has 0 aromatic carbocycles. The first-order valence-corrected chi connectivity index (χ1v) is 7.66. The van der Waals surface area contributed by atoms with E-state index in [9.17, 15) is 0 Å². The molecule has 6 heteroatoms. The third kappa shape index (κ3) is 2.59. The Morgan fingerprint density at radius 1 is 1.09 bits per heavy atom. The zero-order valence-electron chi connectivity index (χ0n) is 12.2. The Hall–Kier alpha value is -2.63. The zero-order chi connectivity index (χ0) is 14.8. The van der Waals surface area contributed by atoms with Crippen molar-refractivity contribution in [2.24, 2.45) is 0 Å². The molecule has 0 unspecified atom stereocenters. The highest BCUT2D eigenvalue weighted by Crippen LogP contribution is 2.34. The van der Waals surface area contributed by atoms with Crippen LogP contribution in [0.1, 0.15) is 37.3 Å². The fourth-order valence-corrected chi connectivity index (χ4v) is 3.04. The second-order valence-electron chi connectivity index (χ2n) is 5.68. The van der Waals surface area contributed by atoms with E-state index in [0.29, 0.717) is 5.92 Å². The smallest absolute Gasteiger partial charge is 0.156 e. The van der Waals surface area contributed by atoms with Crippen LogP contribution in [0.15, 0.2) is 36.8 Å². The monoisotopic (exact) mass is 294 g/mol. The fraction of sp³-hybridized carbons (Fsp3) is 0.312. The Kier molecular flexibility index (Phi) is 3.34. The Balaban J connectivity index is 1.52. The van der Waals surface area contributed by atoms with Crippen LogP contribution in [0.5, 0.6) is 0 Å². The van der Waals surface area contributed by atoms with Gasteiger partial charge >= 0.3 is 0 Å². The first kappa shape index (κ1) is 13.1. The molecule has 3 aromatic rings. The Morgan fingerprint density at radius 3 is 2.82 bits per heavy atom. The van der Waals surface area contributed by atoms with Crippen molar-refractivity contribution in [3.63, 3.8) is 0 Å². The zero-order valence-corrected chi connectivity index (χ0v) is 12.2. The van der Waals surface area contributed by atoms with E-state index >= 15 is 0 Å². The number of anilines is 2. The third-order valence-electron chi connectivity index (χ3n) is 4.17. The summed E-state index contributed by atoms with van der Waals surface area (Å²) in [4.78, 5) is 11.6. The minimum absolute atomic E-state index is 0.638. The highest BCUT2D eigenvalue weighted by Gasteiger charge is 2.19. The average molecular weight is 294 g/mol. The molecule has 3 N–H and O–H groups in total. The molecular formula is C16H18N6. The summed E-state index contributed by atoms with van der Waals surface area (Å²) >= 11 is 0. The molecule has 0 amide bonds. The highest BCUT2D eigenvalue weighted by molar-refractivity contribution is 5.62. The Bertz CT molecular complexity index is 740. The molecule has 0 bridgehead atoms. The molecule has 0 atom stereocenters. The van der Waals surface area contributed by atoms with Crippen LogP contribution in [0, 0.1) is 0 Å². The number of imidazole rings is 1. The van der Waals surface area contributed by atoms with Crippen LogP contribution in [-0.2, 0) is 0 Å². The number of H-pyrrole nitrogens is 2. The molecule has 0 aliphatic heterocycles. The van der Waals surface area contributed by atoms with Gasteiger partial charge in [0.1, 0.15) is 5.69 Å². The fourth-order valence-electron chi connectivity index (χ4n) is 3.04. The maximum atomic E-state index is 4.37. The van der Waals surface area contributed by atoms with Gasteiger partial charge in [0.15, 0.2) is 11.6 Å². The summed E-state index contributed by atoms with van der Waals surface area (Å²) in [7, 11) is 0. The third-order valence-corrected chi connectivity index (χ3v) is 4.17.